The SMILES string of the molecule is O=C1CCc2c1cccc2-c1ccc2c(c1)CCCC2. The van der Waals surface area contributed by atoms with Gasteiger partial charge in [-0.2, -0.15) is 0 Å². The molecule has 4 rings (SSSR count). The van der Waals surface area contributed by atoms with Crippen LogP contribution in [0.3, 0.4) is 0 Å². The molecule has 2 aliphatic carbocycles. The summed E-state index contributed by atoms with van der Waals surface area (Å²) in [4.78, 5) is 11.9. The summed E-state index contributed by atoms with van der Waals surface area (Å²) in [7, 11) is 0. The van der Waals surface area contributed by atoms with Gasteiger partial charge in [-0.25, -0.2) is 0 Å². The fraction of sp³-hybridized carbons (Fsp3) is 0.316. The standard InChI is InChI=1S/C19H18O/c20-19-11-10-17-16(6-3-7-18(17)19)15-9-8-13-4-1-2-5-14(13)12-15/h3,6-9,12H,1-2,4-5,10-11H2. The molecule has 0 amide bonds. The van der Waals surface area contributed by atoms with Crippen molar-refractivity contribution < 1.29 is 4.79 Å². The van der Waals surface area contributed by atoms with E-state index in [1.54, 1.807) is 0 Å². The maximum atomic E-state index is 11.9. The van der Waals surface area contributed by atoms with E-state index in [-0.39, 0.29) is 0 Å². The zero-order chi connectivity index (χ0) is 13.5. The maximum absolute atomic E-state index is 11.9. The molecule has 0 aliphatic heterocycles. The first-order chi connectivity index (χ1) is 9.83. The van der Waals surface area contributed by atoms with Crippen LogP contribution >= 0.6 is 0 Å². The molecule has 100 valence electrons. The molecular formula is C19H18O. The van der Waals surface area contributed by atoms with Crippen LogP contribution in [-0.4, -0.2) is 5.78 Å². The molecule has 0 N–H and O–H groups in total. The maximum Gasteiger partial charge on any atom is 0.163 e. The van der Waals surface area contributed by atoms with Crippen molar-refractivity contribution in [2.24, 2.45) is 0 Å². The number of hydrogen-bond donors (Lipinski definition) is 0. The molecule has 2 aromatic rings. The Morgan fingerprint density at radius 3 is 2.45 bits per heavy atom. The van der Waals surface area contributed by atoms with Crippen LogP contribution in [-0.2, 0) is 19.3 Å². The van der Waals surface area contributed by atoms with Gasteiger partial charge in [0.2, 0.25) is 0 Å². The Labute approximate surface area is 119 Å². The molecule has 0 saturated heterocycles. The molecule has 0 aromatic heterocycles. The summed E-state index contributed by atoms with van der Waals surface area (Å²) >= 11 is 0. The number of fused-ring (bicyclic) bond motifs is 2. The number of ketones is 1. The van der Waals surface area contributed by atoms with Gasteiger partial charge < -0.3 is 0 Å². The Hall–Kier alpha value is -1.89. The third-order valence-corrected chi connectivity index (χ3v) is 4.74. The Morgan fingerprint density at radius 1 is 0.750 bits per heavy atom. The zero-order valence-corrected chi connectivity index (χ0v) is 11.6. The summed E-state index contributed by atoms with van der Waals surface area (Å²) < 4.78 is 0. The van der Waals surface area contributed by atoms with Gasteiger partial charge in [0.05, 0.1) is 0 Å². The van der Waals surface area contributed by atoms with Crippen LogP contribution in [0.15, 0.2) is 36.4 Å². The van der Waals surface area contributed by atoms with E-state index in [4.69, 9.17) is 0 Å². The van der Waals surface area contributed by atoms with Crippen molar-refractivity contribution in [2.75, 3.05) is 0 Å². The van der Waals surface area contributed by atoms with Crippen molar-refractivity contribution in [3.05, 3.63) is 58.7 Å². The third-order valence-electron chi connectivity index (χ3n) is 4.74. The number of rotatable bonds is 1. The van der Waals surface area contributed by atoms with E-state index in [1.165, 1.54) is 53.5 Å². The van der Waals surface area contributed by atoms with Crippen LogP contribution in [0.4, 0.5) is 0 Å². The number of carbonyl (C=O) groups excluding carboxylic acids is 1. The second-order valence-corrected chi connectivity index (χ2v) is 5.95. The fourth-order valence-electron chi connectivity index (χ4n) is 3.66. The van der Waals surface area contributed by atoms with Gasteiger partial charge in [-0.3, -0.25) is 4.79 Å². The monoisotopic (exact) mass is 262 g/mol. The topological polar surface area (TPSA) is 17.1 Å². The van der Waals surface area contributed by atoms with Gasteiger partial charge >= 0.3 is 0 Å². The second-order valence-electron chi connectivity index (χ2n) is 5.95. The van der Waals surface area contributed by atoms with Crippen molar-refractivity contribution in [1.82, 2.24) is 0 Å². The highest BCUT2D eigenvalue weighted by atomic mass is 16.1. The van der Waals surface area contributed by atoms with Gasteiger partial charge in [-0.15, -0.1) is 0 Å². The molecule has 0 fully saturated rings. The number of carbonyl (C=O) groups is 1. The molecule has 1 heteroatoms. The van der Waals surface area contributed by atoms with Crippen LogP contribution in [0, 0.1) is 0 Å². The van der Waals surface area contributed by atoms with Crippen molar-refractivity contribution >= 4 is 5.78 Å². The highest BCUT2D eigenvalue weighted by Crippen LogP contribution is 2.34. The summed E-state index contributed by atoms with van der Waals surface area (Å²) in [5.74, 6) is 0.305. The average Bonchev–Trinajstić information content (AvgIpc) is 2.88. The first-order valence-corrected chi connectivity index (χ1v) is 7.60. The van der Waals surface area contributed by atoms with Crippen molar-refractivity contribution in [1.29, 1.82) is 0 Å². The molecule has 1 nitrogen and oxygen atoms in total. The molecule has 20 heavy (non-hydrogen) atoms. The van der Waals surface area contributed by atoms with E-state index >= 15 is 0 Å². The number of Topliss-reactive ketones (excluding diaryl/α,β-unsaturated/α-hetero) is 1. The van der Waals surface area contributed by atoms with Gasteiger partial charge in [-0.05, 0) is 59.9 Å². The molecule has 2 aliphatic rings. The van der Waals surface area contributed by atoms with E-state index in [0.717, 1.165) is 12.0 Å². The van der Waals surface area contributed by atoms with Gasteiger partial charge in [0.25, 0.3) is 0 Å². The molecule has 0 bridgehead atoms. The molecule has 0 unspecified atom stereocenters. The smallest absolute Gasteiger partial charge is 0.163 e. The number of aryl methyl sites for hydroxylation is 2. The first-order valence-electron chi connectivity index (χ1n) is 7.60. The largest absolute Gasteiger partial charge is 0.294 e. The summed E-state index contributed by atoms with van der Waals surface area (Å²) in [5, 5.41) is 0. The Bertz CT molecular complexity index is 697. The van der Waals surface area contributed by atoms with Crippen LogP contribution in [0.5, 0.6) is 0 Å². The summed E-state index contributed by atoms with van der Waals surface area (Å²) in [6.07, 6.45) is 6.64. The normalized spacial score (nSPS) is 16.9. The Kier molecular flexibility index (Phi) is 2.73. The third kappa shape index (κ3) is 1.81. The lowest BCUT2D eigenvalue weighted by Crippen LogP contribution is -2.02. The van der Waals surface area contributed by atoms with Gasteiger partial charge in [0, 0.05) is 12.0 Å². The van der Waals surface area contributed by atoms with Crippen molar-refractivity contribution in [3.63, 3.8) is 0 Å². The minimum Gasteiger partial charge on any atom is -0.294 e. The lowest BCUT2D eigenvalue weighted by molar-refractivity contribution is 0.0994. The fourth-order valence-corrected chi connectivity index (χ4v) is 3.66. The molecule has 0 spiro atoms. The molecule has 0 radical (unpaired) electrons. The molecular weight excluding hydrogens is 244 g/mol. The highest BCUT2D eigenvalue weighted by Gasteiger charge is 2.22. The van der Waals surface area contributed by atoms with Crippen LogP contribution in [0.25, 0.3) is 11.1 Å². The average molecular weight is 262 g/mol. The zero-order valence-electron chi connectivity index (χ0n) is 11.6. The van der Waals surface area contributed by atoms with Crippen LogP contribution in [0.2, 0.25) is 0 Å². The minimum absolute atomic E-state index is 0.305. The molecule has 2 aromatic carbocycles. The molecule has 0 atom stereocenters. The van der Waals surface area contributed by atoms with Crippen LogP contribution in [0.1, 0.15) is 46.3 Å². The summed E-state index contributed by atoms with van der Waals surface area (Å²) in [6.45, 7) is 0. The lowest BCUT2D eigenvalue weighted by atomic mass is 9.88. The summed E-state index contributed by atoms with van der Waals surface area (Å²) in [5.41, 5.74) is 7.78. The van der Waals surface area contributed by atoms with Crippen LogP contribution < -0.4 is 0 Å². The highest BCUT2D eigenvalue weighted by molar-refractivity contribution is 6.02. The van der Waals surface area contributed by atoms with Gasteiger partial charge in [0.1, 0.15) is 0 Å². The van der Waals surface area contributed by atoms with E-state index in [1.807, 2.05) is 12.1 Å². The van der Waals surface area contributed by atoms with E-state index in [0.29, 0.717) is 12.2 Å². The Morgan fingerprint density at radius 2 is 1.55 bits per heavy atom. The Balaban J connectivity index is 1.84. The summed E-state index contributed by atoms with van der Waals surface area (Å²) in [6, 6.07) is 13.1. The van der Waals surface area contributed by atoms with E-state index < -0.39 is 0 Å². The van der Waals surface area contributed by atoms with E-state index in [9.17, 15) is 4.79 Å². The van der Waals surface area contributed by atoms with Crippen molar-refractivity contribution in [2.45, 2.75) is 38.5 Å². The number of benzene rings is 2. The lowest BCUT2D eigenvalue weighted by Gasteiger charge is -2.17. The molecule has 0 saturated carbocycles. The van der Waals surface area contributed by atoms with Gasteiger partial charge in [0.15, 0.2) is 5.78 Å². The number of hydrogen-bond acceptors (Lipinski definition) is 1. The quantitative estimate of drug-likeness (QED) is 0.746. The van der Waals surface area contributed by atoms with Crippen molar-refractivity contribution in [3.8, 4) is 11.1 Å². The molecule has 0 heterocycles. The predicted molar refractivity (Wildman–Crippen MR) is 81.2 cm³/mol. The first kappa shape index (κ1) is 11.9. The van der Waals surface area contributed by atoms with Gasteiger partial charge in [-0.1, -0.05) is 36.4 Å². The minimum atomic E-state index is 0.305. The predicted octanol–water partition coefficient (Wildman–Crippen LogP) is 4.36. The van der Waals surface area contributed by atoms with E-state index in [2.05, 4.69) is 24.3 Å². The second kappa shape index (κ2) is 4.59.